The third-order valence-electron chi connectivity index (χ3n) is 4.12. The molecule has 1 aromatic heterocycles. The first-order chi connectivity index (χ1) is 9.16. The van der Waals surface area contributed by atoms with Crippen molar-refractivity contribution in [2.45, 2.75) is 39.2 Å². The molecule has 1 fully saturated rings. The summed E-state index contributed by atoms with van der Waals surface area (Å²) in [5.74, 6) is 0.719. The maximum Gasteiger partial charge on any atom is 0.337 e. The quantitative estimate of drug-likeness (QED) is 0.919. The molecule has 0 spiro atoms. The van der Waals surface area contributed by atoms with Gasteiger partial charge in [-0.05, 0) is 37.8 Å². The molecule has 1 saturated carbocycles. The fourth-order valence-corrected chi connectivity index (χ4v) is 3.12. The molecule has 4 heteroatoms. The number of nitrogens with zero attached hydrogens (tertiary/aromatic N) is 2. The maximum absolute atomic E-state index is 11.2. The summed E-state index contributed by atoms with van der Waals surface area (Å²) >= 11 is 0. The highest BCUT2D eigenvalue weighted by Crippen LogP contribution is 2.29. The molecule has 1 heterocycles. The summed E-state index contributed by atoms with van der Waals surface area (Å²) in [6, 6.07) is 5.39. The van der Waals surface area contributed by atoms with Gasteiger partial charge in [0.15, 0.2) is 0 Å². The maximum atomic E-state index is 11.2. The van der Waals surface area contributed by atoms with Gasteiger partial charge in [-0.15, -0.1) is 0 Å². The van der Waals surface area contributed by atoms with Crippen LogP contribution in [0, 0.1) is 12.8 Å². The fourth-order valence-electron chi connectivity index (χ4n) is 3.12. The average Bonchev–Trinajstić information content (AvgIpc) is 2.98. The minimum Gasteiger partial charge on any atom is -0.478 e. The van der Waals surface area contributed by atoms with E-state index in [9.17, 15) is 9.90 Å². The molecule has 4 nitrogen and oxygen atoms in total. The van der Waals surface area contributed by atoms with Crippen molar-refractivity contribution in [3.8, 4) is 0 Å². The van der Waals surface area contributed by atoms with Crippen LogP contribution in [0.3, 0.4) is 0 Å². The van der Waals surface area contributed by atoms with Gasteiger partial charge in [0, 0.05) is 6.54 Å². The van der Waals surface area contributed by atoms with Gasteiger partial charge in [0.05, 0.1) is 11.1 Å². The molecule has 0 bridgehead atoms. The zero-order valence-corrected chi connectivity index (χ0v) is 11.1. The molecular formula is C15H18N2O2. The van der Waals surface area contributed by atoms with Crippen LogP contribution < -0.4 is 0 Å². The van der Waals surface area contributed by atoms with Crippen molar-refractivity contribution in [3.05, 3.63) is 29.6 Å². The van der Waals surface area contributed by atoms with Crippen molar-refractivity contribution >= 4 is 17.0 Å². The Kier molecular flexibility index (Phi) is 3.01. The van der Waals surface area contributed by atoms with E-state index in [-0.39, 0.29) is 0 Å². The highest BCUT2D eigenvalue weighted by Gasteiger charge is 2.19. The van der Waals surface area contributed by atoms with Crippen LogP contribution in [0.1, 0.15) is 41.9 Å². The largest absolute Gasteiger partial charge is 0.478 e. The third-order valence-corrected chi connectivity index (χ3v) is 4.12. The van der Waals surface area contributed by atoms with Crippen LogP contribution in [0.4, 0.5) is 0 Å². The Morgan fingerprint density at radius 1 is 1.42 bits per heavy atom. The lowest BCUT2D eigenvalue weighted by molar-refractivity contribution is 0.0699. The molecule has 1 aromatic carbocycles. The van der Waals surface area contributed by atoms with E-state index in [0.29, 0.717) is 17.0 Å². The van der Waals surface area contributed by atoms with E-state index < -0.39 is 5.97 Å². The fraction of sp³-hybridized carbons (Fsp3) is 0.467. The highest BCUT2D eigenvalue weighted by atomic mass is 16.4. The van der Waals surface area contributed by atoms with Crippen LogP contribution >= 0.6 is 0 Å². The standard InChI is InChI=1S/C15H18N2O2/c1-10-16-14-12(15(18)19)7-4-8-13(14)17(10)9-11-5-2-3-6-11/h4,7-8,11H,2-3,5-6,9H2,1H3,(H,18,19). The van der Waals surface area contributed by atoms with Gasteiger partial charge in [0.2, 0.25) is 0 Å². The van der Waals surface area contributed by atoms with Crippen molar-refractivity contribution in [3.63, 3.8) is 0 Å². The van der Waals surface area contributed by atoms with E-state index in [0.717, 1.165) is 17.9 Å². The summed E-state index contributed by atoms with van der Waals surface area (Å²) in [7, 11) is 0. The first-order valence-electron chi connectivity index (χ1n) is 6.86. The summed E-state index contributed by atoms with van der Waals surface area (Å²) in [6.07, 6.45) is 5.18. The molecule has 0 atom stereocenters. The number of rotatable bonds is 3. The predicted molar refractivity (Wildman–Crippen MR) is 73.4 cm³/mol. The Morgan fingerprint density at radius 2 is 2.16 bits per heavy atom. The number of hydrogen-bond acceptors (Lipinski definition) is 2. The van der Waals surface area contributed by atoms with Crippen LogP contribution in [-0.2, 0) is 6.54 Å². The number of aryl methyl sites for hydroxylation is 1. The van der Waals surface area contributed by atoms with Crippen molar-refractivity contribution in [1.82, 2.24) is 9.55 Å². The number of aromatic nitrogens is 2. The van der Waals surface area contributed by atoms with E-state index in [1.807, 2.05) is 13.0 Å². The monoisotopic (exact) mass is 258 g/mol. The third kappa shape index (κ3) is 2.11. The molecule has 1 aliphatic carbocycles. The minimum absolute atomic E-state index is 0.297. The van der Waals surface area contributed by atoms with Crippen molar-refractivity contribution in [2.75, 3.05) is 0 Å². The number of benzene rings is 1. The van der Waals surface area contributed by atoms with Crippen molar-refractivity contribution in [2.24, 2.45) is 5.92 Å². The Hall–Kier alpha value is -1.84. The normalized spacial score (nSPS) is 16.3. The summed E-state index contributed by atoms with van der Waals surface area (Å²) in [4.78, 5) is 15.7. The van der Waals surface area contributed by atoms with Crippen LogP contribution in [0.15, 0.2) is 18.2 Å². The molecule has 0 unspecified atom stereocenters. The second-order valence-electron chi connectivity index (χ2n) is 5.40. The van der Waals surface area contributed by atoms with Crippen molar-refractivity contribution in [1.29, 1.82) is 0 Å². The Balaban J connectivity index is 2.06. The summed E-state index contributed by atoms with van der Waals surface area (Å²) in [5.41, 5.74) is 1.86. The molecule has 1 N–H and O–H groups in total. The number of carboxylic acids is 1. The molecular weight excluding hydrogens is 240 g/mol. The second-order valence-corrected chi connectivity index (χ2v) is 5.40. The van der Waals surface area contributed by atoms with Crippen LogP contribution in [0.2, 0.25) is 0 Å². The molecule has 3 rings (SSSR count). The number of fused-ring (bicyclic) bond motifs is 1. The Labute approximate surface area is 112 Å². The van der Waals surface area contributed by atoms with E-state index >= 15 is 0 Å². The molecule has 0 aliphatic heterocycles. The van der Waals surface area contributed by atoms with Gasteiger partial charge in [-0.1, -0.05) is 18.9 Å². The number of para-hydroxylation sites is 1. The lowest BCUT2D eigenvalue weighted by Crippen LogP contribution is -2.08. The van der Waals surface area contributed by atoms with Crippen molar-refractivity contribution < 1.29 is 9.90 Å². The number of carboxylic acid groups (broad SMARTS) is 1. The first-order valence-corrected chi connectivity index (χ1v) is 6.86. The van der Waals surface area contributed by atoms with Gasteiger partial charge in [-0.2, -0.15) is 0 Å². The first kappa shape index (κ1) is 12.2. The lowest BCUT2D eigenvalue weighted by atomic mass is 10.1. The summed E-state index contributed by atoms with van der Waals surface area (Å²) < 4.78 is 2.18. The highest BCUT2D eigenvalue weighted by molar-refractivity contribution is 6.01. The predicted octanol–water partition coefficient (Wildman–Crippen LogP) is 3.23. The summed E-state index contributed by atoms with van der Waals surface area (Å²) in [6.45, 7) is 2.92. The summed E-state index contributed by atoms with van der Waals surface area (Å²) in [5, 5.41) is 9.22. The van der Waals surface area contributed by atoms with Crippen LogP contribution in [0.25, 0.3) is 11.0 Å². The molecule has 1 aliphatic rings. The molecule has 0 radical (unpaired) electrons. The van der Waals surface area contributed by atoms with Gasteiger partial charge in [0.1, 0.15) is 11.3 Å². The van der Waals surface area contributed by atoms with E-state index in [2.05, 4.69) is 9.55 Å². The average molecular weight is 258 g/mol. The molecule has 0 saturated heterocycles. The number of hydrogen-bond donors (Lipinski definition) is 1. The van der Waals surface area contributed by atoms with Crippen LogP contribution in [-0.4, -0.2) is 20.6 Å². The van der Waals surface area contributed by atoms with Gasteiger partial charge < -0.3 is 9.67 Å². The van der Waals surface area contributed by atoms with E-state index in [4.69, 9.17) is 0 Å². The molecule has 0 amide bonds. The van der Waals surface area contributed by atoms with Gasteiger partial charge in [-0.3, -0.25) is 0 Å². The van der Waals surface area contributed by atoms with Crippen LogP contribution in [0.5, 0.6) is 0 Å². The minimum atomic E-state index is -0.906. The lowest BCUT2D eigenvalue weighted by Gasteiger charge is -2.12. The topological polar surface area (TPSA) is 55.1 Å². The zero-order valence-electron chi connectivity index (χ0n) is 11.1. The SMILES string of the molecule is Cc1nc2c(C(=O)O)cccc2n1CC1CCCC1. The zero-order chi connectivity index (χ0) is 13.4. The molecule has 19 heavy (non-hydrogen) atoms. The molecule has 2 aromatic rings. The van der Waals surface area contributed by atoms with Gasteiger partial charge in [-0.25, -0.2) is 9.78 Å². The van der Waals surface area contributed by atoms with Gasteiger partial charge >= 0.3 is 5.97 Å². The van der Waals surface area contributed by atoms with E-state index in [1.54, 1.807) is 12.1 Å². The Bertz CT molecular complexity index is 624. The van der Waals surface area contributed by atoms with Gasteiger partial charge in [0.25, 0.3) is 0 Å². The Morgan fingerprint density at radius 3 is 2.84 bits per heavy atom. The second kappa shape index (κ2) is 4.68. The number of imidazole rings is 1. The number of aromatic carboxylic acids is 1. The number of carbonyl (C=O) groups is 1. The van der Waals surface area contributed by atoms with E-state index in [1.165, 1.54) is 25.7 Å². The molecule has 100 valence electrons. The smallest absolute Gasteiger partial charge is 0.337 e.